The number of likely N-dealkylation sites (N-methyl/N-ethyl adjacent to an activating group) is 1. The van der Waals surface area contributed by atoms with Gasteiger partial charge in [0.15, 0.2) is 0 Å². The molecule has 0 saturated carbocycles. The van der Waals surface area contributed by atoms with Crippen LogP contribution in [0.1, 0.15) is 77.6 Å². The Morgan fingerprint density at radius 1 is 0.909 bits per heavy atom. The summed E-state index contributed by atoms with van der Waals surface area (Å²) >= 11 is 0. The Hall–Kier alpha value is -1.10. The highest BCUT2D eigenvalue weighted by Crippen LogP contribution is 2.10. The third-order valence-corrected chi connectivity index (χ3v) is 3.90. The van der Waals surface area contributed by atoms with Crippen molar-refractivity contribution in [2.45, 2.75) is 83.6 Å². The Morgan fingerprint density at radius 3 is 1.86 bits per heavy atom. The molecule has 1 atom stereocenters. The SMILES string of the molecule is CCCCCCCCCCCCNC(=O)[C@H](CC(N)=O)NC. The van der Waals surface area contributed by atoms with Crippen LogP contribution >= 0.6 is 0 Å². The second kappa shape index (κ2) is 14.8. The summed E-state index contributed by atoms with van der Waals surface area (Å²) < 4.78 is 0. The van der Waals surface area contributed by atoms with Crippen molar-refractivity contribution in [2.75, 3.05) is 13.6 Å². The van der Waals surface area contributed by atoms with Crippen LogP contribution in [0.15, 0.2) is 0 Å². The van der Waals surface area contributed by atoms with Gasteiger partial charge in [-0.3, -0.25) is 9.59 Å². The predicted octanol–water partition coefficient (Wildman–Crippen LogP) is 2.49. The molecule has 0 aliphatic carbocycles. The van der Waals surface area contributed by atoms with Crippen LogP contribution < -0.4 is 16.4 Å². The maximum atomic E-state index is 11.8. The number of nitrogens with two attached hydrogens (primary N) is 1. The molecular formula is C17H35N3O2. The van der Waals surface area contributed by atoms with Gasteiger partial charge < -0.3 is 16.4 Å². The summed E-state index contributed by atoms with van der Waals surface area (Å²) in [5.74, 6) is -0.606. The first kappa shape index (κ1) is 20.9. The summed E-state index contributed by atoms with van der Waals surface area (Å²) in [7, 11) is 1.66. The zero-order valence-corrected chi connectivity index (χ0v) is 14.5. The zero-order chi connectivity index (χ0) is 16.6. The lowest BCUT2D eigenvalue weighted by molar-refractivity contribution is -0.127. The van der Waals surface area contributed by atoms with E-state index >= 15 is 0 Å². The van der Waals surface area contributed by atoms with E-state index in [-0.39, 0.29) is 12.3 Å². The first-order chi connectivity index (χ1) is 10.6. The molecule has 2 amide bonds. The van der Waals surface area contributed by atoms with Crippen LogP contribution in [0.4, 0.5) is 0 Å². The van der Waals surface area contributed by atoms with Crippen molar-refractivity contribution >= 4 is 11.8 Å². The minimum Gasteiger partial charge on any atom is -0.370 e. The number of hydrogen-bond acceptors (Lipinski definition) is 3. The molecular weight excluding hydrogens is 278 g/mol. The van der Waals surface area contributed by atoms with Gasteiger partial charge in [0.1, 0.15) is 0 Å². The molecule has 4 N–H and O–H groups in total. The number of carbonyl (C=O) groups excluding carboxylic acids is 2. The molecule has 0 aliphatic heterocycles. The lowest BCUT2D eigenvalue weighted by Gasteiger charge is -2.14. The van der Waals surface area contributed by atoms with Crippen LogP contribution in [0.2, 0.25) is 0 Å². The van der Waals surface area contributed by atoms with Gasteiger partial charge in [-0.15, -0.1) is 0 Å². The van der Waals surface area contributed by atoms with Crippen LogP contribution in [0.3, 0.4) is 0 Å². The summed E-state index contributed by atoms with van der Waals surface area (Å²) in [4.78, 5) is 22.6. The highest BCUT2D eigenvalue weighted by molar-refractivity contribution is 5.87. The van der Waals surface area contributed by atoms with E-state index in [4.69, 9.17) is 5.73 Å². The van der Waals surface area contributed by atoms with Crippen molar-refractivity contribution in [1.82, 2.24) is 10.6 Å². The van der Waals surface area contributed by atoms with Gasteiger partial charge in [-0.25, -0.2) is 0 Å². The summed E-state index contributed by atoms with van der Waals surface area (Å²) in [5, 5.41) is 5.67. The molecule has 0 unspecified atom stereocenters. The van der Waals surface area contributed by atoms with Crippen LogP contribution in [0.25, 0.3) is 0 Å². The molecule has 5 nitrogen and oxygen atoms in total. The van der Waals surface area contributed by atoms with Crippen molar-refractivity contribution in [3.8, 4) is 0 Å². The lowest BCUT2D eigenvalue weighted by atomic mass is 10.1. The minimum absolute atomic E-state index is 0.0420. The van der Waals surface area contributed by atoms with Gasteiger partial charge in [0, 0.05) is 6.54 Å². The first-order valence-corrected chi connectivity index (χ1v) is 8.85. The van der Waals surface area contributed by atoms with E-state index in [9.17, 15) is 9.59 Å². The zero-order valence-electron chi connectivity index (χ0n) is 14.5. The van der Waals surface area contributed by atoms with Crippen molar-refractivity contribution in [3.05, 3.63) is 0 Å². The van der Waals surface area contributed by atoms with Gasteiger partial charge in [0.2, 0.25) is 11.8 Å². The fourth-order valence-electron chi connectivity index (χ4n) is 2.47. The highest BCUT2D eigenvalue weighted by Gasteiger charge is 2.17. The largest absolute Gasteiger partial charge is 0.370 e. The molecule has 0 aliphatic rings. The average Bonchev–Trinajstić information content (AvgIpc) is 2.49. The van der Waals surface area contributed by atoms with Gasteiger partial charge in [-0.05, 0) is 13.5 Å². The van der Waals surface area contributed by atoms with Crippen molar-refractivity contribution < 1.29 is 9.59 Å². The molecule has 0 heterocycles. The lowest BCUT2D eigenvalue weighted by Crippen LogP contribution is -2.45. The van der Waals surface area contributed by atoms with E-state index in [0.717, 1.165) is 12.8 Å². The van der Waals surface area contributed by atoms with Gasteiger partial charge in [-0.1, -0.05) is 64.7 Å². The Balaban J connectivity index is 3.41. The van der Waals surface area contributed by atoms with Crippen LogP contribution in [0, 0.1) is 0 Å². The fourth-order valence-corrected chi connectivity index (χ4v) is 2.47. The van der Waals surface area contributed by atoms with E-state index in [1.807, 2.05) is 0 Å². The predicted molar refractivity (Wildman–Crippen MR) is 91.5 cm³/mol. The molecule has 0 aromatic heterocycles. The second-order valence-corrected chi connectivity index (χ2v) is 5.98. The number of unbranched alkanes of at least 4 members (excludes halogenated alkanes) is 9. The molecule has 0 aromatic rings. The topological polar surface area (TPSA) is 84.2 Å². The van der Waals surface area contributed by atoms with Crippen LogP contribution in [-0.2, 0) is 9.59 Å². The van der Waals surface area contributed by atoms with Crippen LogP contribution in [-0.4, -0.2) is 31.4 Å². The molecule has 0 saturated heterocycles. The number of primary amides is 1. The van der Waals surface area contributed by atoms with Crippen molar-refractivity contribution in [2.24, 2.45) is 5.73 Å². The number of carbonyl (C=O) groups is 2. The molecule has 130 valence electrons. The van der Waals surface area contributed by atoms with E-state index in [0.29, 0.717) is 6.54 Å². The molecule has 0 bridgehead atoms. The molecule has 0 radical (unpaired) electrons. The maximum Gasteiger partial charge on any atom is 0.237 e. The molecule has 5 heteroatoms. The van der Waals surface area contributed by atoms with E-state index < -0.39 is 11.9 Å². The molecule has 0 rings (SSSR count). The number of nitrogens with one attached hydrogen (secondary N) is 2. The monoisotopic (exact) mass is 313 g/mol. The normalized spacial score (nSPS) is 12.1. The Bertz CT molecular complexity index is 296. The third kappa shape index (κ3) is 12.6. The average molecular weight is 313 g/mol. The Kier molecular flexibility index (Phi) is 14.1. The van der Waals surface area contributed by atoms with E-state index in [1.165, 1.54) is 51.4 Å². The number of amides is 2. The van der Waals surface area contributed by atoms with Gasteiger partial charge >= 0.3 is 0 Å². The quantitative estimate of drug-likeness (QED) is 0.406. The Morgan fingerprint density at radius 2 is 1.41 bits per heavy atom. The van der Waals surface area contributed by atoms with Crippen LogP contribution in [0.5, 0.6) is 0 Å². The molecule has 22 heavy (non-hydrogen) atoms. The van der Waals surface area contributed by atoms with E-state index in [1.54, 1.807) is 7.05 Å². The molecule has 0 aromatic carbocycles. The van der Waals surface area contributed by atoms with Gasteiger partial charge in [-0.2, -0.15) is 0 Å². The summed E-state index contributed by atoms with van der Waals surface area (Å²) in [6.07, 6.45) is 12.8. The van der Waals surface area contributed by atoms with Crippen molar-refractivity contribution in [1.29, 1.82) is 0 Å². The number of rotatable bonds is 15. The third-order valence-electron chi connectivity index (χ3n) is 3.90. The standard InChI is InChI=1S/C17H35N3O2/c1-3-4-5-6-7-8-9-10-11-12-13-20-17(22)15(19-2)14-16(18)21/h15,19H,3-14H2,1-2H3,(H2,18,21)(H,20,22)/t15-/m0/s1. The fraction of sp³-hybridized carbons (Fsp3) is 0.882. The van der Waals surface area contributed by atoms with Gasteiger partial charge in [0.05, 0.1) is 12.5 Å². The summed E-state index contributed by atoms with van der Waals surface area (Å²) in [6, 6.07) is -0.513. The number of hydrogen-bond donors (Lipinski definition) is 3. The first-order valence-electron chi connectivity index (χ1n) is 8.85. The molecule has 0 fully saturated rings. The second-order valence-electron chi connectivity index (χ2n) is 5.98. The molecule has 0 spiro atoms. The highest BCUT2D eigenvalue weighted by atomic mass is 16.2. The minimum atomic E-state index is -0.513. The van der Waals surface area contributed by atoms with Gasteiger partial charge in [0.25, 0.3) is 0 Å². The smallest absolute Gasteiger partial charge is 0.237 e. The summed E-state index contributed by atoms with van der Waals surface area (Å²) in [6.45, 7) is 2.91. The maximum absolute atomic E-state index is 11.8. The van der Waals surface area contributed by atoms with Crippen molar-refractivity contribution in [3.63, 3.8) is 0 Å². The van der Waals surface area contributed by atoms with E-state index in [2.05, 4.69) is 17.6 Å². The summed E-state index contributed by atoms with van der Waals surface area (Å²) in [5.41, 5.74) is 5.11. The Labute approximate surface area is 135 Å².